The van der Waals surface area contributed by atoms with Crippen LogP contribution in [0.5, 0.6) is 11.5 Å². The fraction of sp³-hybridized carbons (Fsp3) is 0.308. The van der Waals surface area contributed by atoms with Crippen molar-refractivity contribution in [3.05, 3.63) is 84.0 Å². The standard InChI is InChI=1S/C26H30O7/c1-17(2)23(28)32-25(33-24(29)18(3)4)31-16-15-30-22-13-9-20(10-14-22)26(5,6)19-7-11-21(27)12-8-19/h7-14,25,27H,1,3,15-16H2,2,4-6H3. The molecule has 0 heterocycles. The predicted molar refractivity (Wildman–Crippen MR) is 124 cm³/mol. The van der Waals surface area contributed by atoms with Crippen LogP contribution in [0, 0.1) is 0 Å². The fourth-order valence-corrected chi connectivity index (χ4v) is 2.78. The highest BCUT2D eigenvalue weighted by atomic mass is 16.9. The van der Waals surface area contributed by atoms with E-state index >= 15 is 0 Å². The van der Waals surface area contributed by atoms with Gasteiger partial charge in [0.2, 0.25) is 0 Å². The van der Waals surface area contributed by atoms with E-state index in [2.05, 4.69) is 27.0 Å². The first-order valence-corrected chi connectivity index (χ1v) is 10.4. The summed E-state index contributed by atoms with van der Waals surface area (Å²) in [6, 6.07) is 14.8. The summed E-state index contributed by atoms with van der Waals surface area (Å²) in [5, 5.41) is 9.52. The monoisotopic (exact) mass is 454 g/mol. The molecule has 0 unspecified atom stereocenters. The summed E-state index contributed by atoms with van der Waals surface area (Å²) in [5.41, 5.74) is 2.17. The van der Waals surface area contributed by atoms with Crippen LogP contribution >= 0.6 is 0 Å². The summed E-state index contributed by atoms with van der Waals surface area (Å²) in [7, 11) is 0. The largest absolute Gasteiger partial charge is 0.508 e. The maximum absolute atomic E-state index is 11.7. The molecule has 33 heavy (non-hydrogen) atoms. The van der Waals surface area contributed by atoms with Crippen LogP contribution in [0.1, 0.15) is 38.8 Å². The Kier molecular flexibility index (Phi) is 8.82. The smallest absolute Gasteiger partial charge is 0.365 e. The molecule has 0 aliphatic carbocycles. The number of hydrogen-bond donors (Lipinski definition) is 1. The number of esters is 2. The van der Waals surface area contributed by atoms with Gasteiger partial charge in [-0.1, -0.05) is 51.3 Å². The molecule has 2 aromatic carbocycles. The van der Waals surface area contributed by atoms with Crippen LogP contribution in [-0.4, -0.2) is 36.7 Å². The number of phenolic OH excluding ortho intramolecular Hbond substituents is 1. The first kappa shape index (κ1) is 25.7. The molecule has 7 heteroatoms. The molecule has 0 radical (unpaired) electrons. The van der Waals surface area contributed by atoms with Gasteiger partial charge in [0, 0.05) is 16.6 Å². The summed E-state index contributed by atoms with van der Waals surface area (Å²) in [5.74, 6) is -0.644. The SMILES string of the molecule is C=C(C)C(=O)OC(OCCOc1ccc(C(C)(C)c2ccc(O)cc2)cc1)OC(=O)C(=C)C. The van der Waals surface area contributed by atoms with Gasteiger partial charge in [0.25, 0.3) is 0 Å². The van der Waals surface area contributed by atoms with Crippen molar-refractivity contribution in [2.75, 3.05) is 13.2 Å². The normalized spacial score (nSPS) is 11.1. The van der Waals surface area contributed by atoms with E-state index in [1.54, 1.807) is 12.1 Å². The zero-order chi connectivity index (χ0) is 24.6. The van der Waals surface area contributed by atoms with Crippen molar-refractivity contribution >= 4 is 11.9 Å². The van der Waals surface area contributed by atoms with Crippen molar-refractivity contribution in [3.8, 4) is 11.5 Å². The van der Waals surface area contributed by atoms with Crippen molar-refractivity contribution in [3.63, 3.8) is 0 Å². The average Bonchev–Trinajstić information content (AvgIpc) is 2.77. The van der Waals surface area contributed by atoms with E-state index in [0.29, 0.717) is 5.75 Å². The van der Waals surface area contributed by atoms with Gasteiger partial charge in [-0.3, -0.25) is 0 Å². The van der Waals surface area contributed by atoms with Gasteiger partial charge in [0.15, 0.2) is 0 Å². The molecule has 7 nitrogen and oxygen atoms in total. The first-order chi connectivity index (χ1) is 15.5. The molecule has 2 aromatic rings. The zero-order valence-corrected chi connectivity index (χ0v) is 19.4. The first-order valence-electron chi connectivity index (χ1n) is 10.4. The lowest BCUT2D eigenvalue weighted by Crippen LogP contribution is -2.29. The van der Waals surface area contributed by atoms with E-state index in [9.17, 15) is 14.7 Å². The highest BCUT2D eigenvalue weighted by molar-refractivity contribution is 5.88. The second-order valence-electron chi connectivity index (χ2n) is 8.08. The molecule has 0 aliphatic heterocycles. The lowest BCUT2D eigenvalue weighted by molar-refractivity contribution is -0.263. The molecular weight excluding hydrogens is 424 g/mol. The molecule has 0 saturated heterocycles. The molecule has 0 spiro atoms. The molecule has 176 valence electrons. The lowest BCUT2D eigenvalue weighted by Gasteiger charge is -2.26. The number of carbonyl (C=O) groups is 2. The minimum atomic E-state index is -1.53. The predicted octanol–water partition coefficient (Wildman–Crippen LogP) is 4.64. The van der Waals surface area contributed by atoms with Gasteiger partial charge in [0.05, 0.1) is 6.61 Å². The molecule has 0 amide bonds. The van der Waals surface area contributed by atoms with Gasteiger partial charge in [-0.05, 0) is 49.2 Å². The van der Waals surface area contributed by atoms with Crippen LogP contribution in [0.25, 0.3) is 0 Å². The number of ether oxygens (including phenoxy) is 4. The average molecular weight is 455 g/mol. The molecule has 0 aromatic heterocycles. The molecular formula is C26H30O7. The van der Waals surface area contributed by atoms with E-state index in [1.165, 1.54) is 13.8 Å². The summed E-state index contributed by atoms with van der Waals surface area (Å²) in [6.45, 7) is 12.7. The van der Waals surface area contributed by atoms with Crippen molar-refractivity contribution in [1.82, 2.24) is 0 Å². The highest BCUT2D eigenvalue weighted by Crippen LogP contribution is 2.33. The van der Waals surface area contributed by atoms with Crippen molar-refractivity contribution in [2.24, 2.45) is 0 Å². The second-order valence-corrected chi connectivity index (χ2v) is 8.08. The van der Waals surface area contributed by atoms with Crippen LogP contribution in [-0.2, 0) is 29.2 Å². The molecule has 1 N–H and O–H groups in total. The Bertz CT molecular complexity index is 960. The van der Waals surface area contributed by atoms with Crippen LogP contribution in [0.3, 0.4) is 0 Å². The van der Waals surface area contributed by atoms with Crippen LogP contribution in [0.2, 0.25) is 0 Å². The van der Waals surface area contributed by atoms with E-state index < -0.39 is 18.4 Å². The van der Waals surface area contributed by atoms with Crippen molar-refractivity contribution < 1.29 is 33.6 Å². The van der Waals surface area contributed by atoms with Gasteiger partial charge in [-0.2, -0.15) is 0 Å². The van der Waals surface area contributed by atoms with Crippen molar-refractivity contribution in [1.29, 1.82) is 0 Å². The third-order valence-electron chi connectivity index (χ3n) is 4.87. The van der Waals surface area contributed by atoms with E-state index in [-0.39, 0.29) is 35.5 Å². The zero-order valence-electron chi connectivity index (χ0n) is 19.4. The Morgan fingerprint density at radius 3 is 1.76 bits per heavy atom. The van der Waals surface area contributed by atoms with E-state index in [4.69, 9.17) is 18.9 Å². The maximum Gasteiger partial charge on any atom is 0.365 e. The van der Waals surface area contributed by atoms with Crippen LogP contribution in [0.15, 0.2) is 72.8 Å². The Labute approximate surface area is 194 Å². The number of benzene rings is 2. The second kappa shape index (κ2) is 11.3. The summed E-state index contributed by atoms with van der Waals surface area (Å²) < 4.78 is 21.0. The van der Waals surface area contributed by atoms with Gasteiger partial charge in [0.1, 0.15) is 18.1 Å². The lowest BCUT2D eigenvalue weighted by atomic mass is 9.78. The molecule has 0 saturated carbocycles. The van der Waals surface area contributed by atoms with E-state index in [0.717, 1.165) is 11.1 Å². The maximum atomic E-state index is 11.7. The minimum absolute atomic E-state index is 0.00163. The van der Waals surface area contributed by atoms with E-state index in [1.807, 2.05) is 36.4 Å². The summed E-state index contributed by atoms with van der Waals surface area (Å²) >= 11 is 0. The summed E-state index contributed by atoms with van der Waals surface area (Å²) in [4.78, 5) is 23.5. The molecule has 0 bridgehead atoms. The Morgan fingerprint density at radius 2 is 1.30 bits per heavy atom. The van der Waals surface area contributed by atoms with Gasteiger partial charge in [-0.15, -0.1) is 0 Å². The van der Waals surface area contributed by atoms with Gasteiger partial charge in [-0.25, -0.2) is 9.59 Å². The Morgan fingerprint density at radius 1 is 0.848 bits per heavy atom. The van der Waals surface area contributed by atoms with Gasteiger partial charge < -0.3 is 24.1 Å². The minimum Gasteiger partial charge on any atom is -0.508 e. The molecule has 0 atom stereocenters. The number of carbonyl (C=O) groups excluding carboxylic acids is 2. The number of aromatic hydroxyl groups is 1. The number of phenols is 1. The highest BCUT2D eigenvalue weighted by Gasteiger charge is 2.23. The third-order valence-corrected chi connectivity index (χ3v) is 4.87. The Balaban J connectivity index is 1.92. The fourth-order valence-electron chi connectivity index (χ4n) is 2.78. The summed E-state index contributed by atoms with van der Waals surface area (Å²) in [6.07, 6.45) is 0. The Hall–Kier alpha value is -3.58. The molecule has 0 aliphatic rings. The number of rotatable bonds is 11. The molecule has 0 fully saturated rings. The number of hydrogen-bond acceptors (Lipinski definition) is 7. The quantitative estimate of drug-likeness (QED) is 0.229. The van der Waals surface area contributed by atoms with Gasteiger partial charge >= 0.3 is 18.4 Å². The topological polar surface area (TPSA) is 91.3 Å². The van der Waals surface area contributed by atoms with Crippen LogP contribution < -0.4 is 4.74 Å². The van der Waals surface area contributed by atoms with Crippen LogP contribution in [0.4, 0.5) is 0 Å². The third kappa shape index (κ3) is 7.50. The molecule has 2 rings (SSSR count). The van der Waals surface area contributed by atoms with Crippen molar-refractivity contribution in [2.45, 2.75) is 39.6 Å².